The van der Waals surface area contributed by atoms with Crippen molar-refractivity contribution in [3.8, 4) is 0 Å². The molecule has 0 aromatic heterocycles. The molecule has 1 fully saturated rings. The number of rotatable bonds is 10. The second-order valence-corrected chi connectivity index (χ2v) is 9.53. The number of hydrogen-bond acceptors (Lipinski definition) is 3. The standard InChI is InChI=1S/C22H38N4OS/c1-4-23-22(25-19-12-11-15-21(18-19)28(27)5-2)24-16-9-10-17-26(3)20-13-7-6-8-14-20/h6-8,13-14,19,21H,4-5,9-12,15-18H2,1-3H3,(H2,23,24,25). The van der Waals surface area contributed by atoms with E-state index in [0.717, 1.165) is 69.9 Å². The van der Waals surface area contributed by atoms with Gasteiger partial charge in [-0.3, -0.25) is 9.20 Å². The first-order valence-electron chi connectivity index (χ1n) is 10.8. The van der Waals surface area contributed by atoms with Crippen molar-refractivity contribution in [2.75, 3.05) is 37.3 Å². The minimum atomic E-state index is -0.686. The largest absolute Gasteiger partial charge is 0.375 e. The quantitative estimate of drug-likeness (QED) is 0.354. The number of unbranched alkanes of at least 4 members (excludes halogenated alkanes) is 1. The van der Waals surface area contributed by atoms with Crippen molar-refractivity contribution in [1.82, 2.24) is 10.6 Å². The average molecular weight is 407 g/mol. The van der Waals surface area contributed by atoms with E-state index in [-0.39, 0.29) is 0 Å². The van der Waals surface area contributed by atoms with Gasteiger partial charge in [-0.2, -0.15) is 0 Å². The van der Waals surface area contributed by atoms with Gasteiger partial charge in [0.25, 0.3) is 0 Å². The fraction of sp³-hybridized carbons (Fsp3) is 0.682. The second-order valence-electron chi connectivity index (χ2n) is 7.52. The highest BCUT2D eigenvalue weighted by Crippen LogP contribution is 2.23. The van der Waals surface area contributed by atoms with Crippen LogP contribution in [-0.2, 0) is 10.8 Å². The zero-order valence-electron chi connectivity index (χ0n) is 17.8. The molecule has 1 aromatic carbocycles. The first-order chi connectivity index (χ1) is 13.6. The first-order valence-corrected chi connectivity index (χ1v) is 12.2. The Balaban J connectivity index is 1.74. The summed E-state index contributed by atoms with van der Waals surface area (Å²) in [6.45, 7) is 6.85. The normalized spacial score (nSPS) is 21.2. The molecule has 3 atom stereocenters. The third kappa shape index (κ3) is 7.82. The van der Waals surface area contributed by atoms with E-state index in [1.54, 1.807) is 0 Å². The van der Waals surface area contributed by atoms with Crippen LogP contribution >= 0.6 is 0 Å². The third-order valence-corrected chi connectivity index (χ3v) is 7.08. The van der Waals surface area contributed by atoms with E-state index in [1.807, 2.05) is 6.92 Å². The number of nitrogens with zero attached hydrogens (tertiary/aromatic N) is 2. The maximum Gasteiger partial charge on any atom is 0.191 e. The predicted octanol–water partition coefficient (Wildman–Crippen LogP) is 3.54. The number of guanidine groups is 1. The van der Waals surface area contributed by atoms with Gasteiger partial charge >= 0.3 is 0 Å². The molecule has 1 aliphatic carbocycles. The lowest BCUT2D eigenvalue weighted by atomic mass is 9.95. The molecule has 28 heavy (non-hydrogen) atoms. The molecule has 6 heteroatoms. The number of hydrogen-bond donors (Lipinski definition) is 2. The van der Waals surface area contributed by atoms with Crippen LogP contribution in [0.25, 0.3) is 0 Å². The minimum absolute atomic E-state index is 0.340. The van der Waals surface area contributed by atoms with Crippen molar-refractivity contribution >= 4 is 22.4 Å². The average Bonchev–Trinajstić information content (AvgIpc) is 2.73. The van der Waals surface area contributed by atoms with E-state index >= 15 is 0 Å². The van der Waals surface area contributed by atoms with Crippen molar-refractivity contribution in [3.05, 3.63) is 30.3 Å². The Morgan fingerprint density at radius 2 is 2.00 bits per heavy atom. The maximum atomic E-state index is 12.2. The Morgan fingerprint density at radius 3 is 2.71 bits per heavy atom. The minimum Gasteiger partial charge on any atom is -0.375 e. The Kier molecular flexibility index (Phi) is 10.4. The number of para-hydroxylation sites is 1. The van der Waals surface area contributed by atoms with Crippen molar-refractivity contribution in [2.24, 2.45) is 4.99 Å². The molecule has 1 saturated carbocycles. The van der Waals surface area contributed by atoms with Gasteiger partial charge in [0.05, 0.1) is 0 Å². The van der Waals surface area contributed by atoms with Crippen LogP contribution in [0.2, 0.25) is 0 Å². The summed E-state index contributed by atoms with van der Waals surface area (Å²) in [4.78, 5) is 7.06. The molecule has 2 rings (SSSR count). The molecule has 1 aromatic rings. The van der Waals surface area contributed by atoms with Gasteiger partial charge in [-0.25, -0.2) is 0 Å². The lowest BCUT2D eigenvalue weighted by molar-refractivity contribution is 0.413. The zero-order valence-corrected chi connectivity index (χ0v) is 18.6. The summed E-state index contributed by atoms with van der Waals surface area (Å²) in [7, 11) is 1.46. The maximum absolute atomic E-state index is 12.2. The van der Waals surface area contributed by atoms with E-state index in [9.17, 15) is 4.21 Å². The van der Waals surface area contributed by atoms with E-state index in [4.69, 9.17) is 4.99 Å². The number of benzene rings is 1. The summed E-state index contributed by atoms with van der Waals surface area (Å²) in [5, 5.41) is 7.29. The summed E-state index contributed by atoms with van der Waals surface area (Å²) in [6.07, 6.45) is 6.58. The van der Waals surface area contributed by atoms with Gasteiger partial charge in [-0.05, 0) is 51.2 Å². The van der Waals surface area contributed by atoms with Crippen LogP contribution in [-0.4, -0.2) is 53.9 Å². The fourth-order valence-corrected chi connectivity index (χ4v) is 5.08. The molecule has 0 heterocycles. The van der Waals surface area contributed by atoms with Crippen molar-refractivity contribution in [2.45, 2.75) is 63.7 Å². The van der Waals surface area contributed by atoms with Gasteiger partial charge in [-0.15, -0.1) is 0 Å². The SMILES string of the molecule is CCNC(=NCCCCN(C)c1ccccc1)NC1CCCC(S(=O)CC)C1. The Morgan fingerprint density at radius 1 is 1.21 bits per heavy atom. The van der Waals surface area contributed by atoms with Crippen molar-refractivity contribution in [3.63, 3.8) is 0 Å². The van der Waals surface area contributed by atoms with E-state index in [2.05, 4.69) is 59.8 Å². The van der Waals surface area contributed by atoms with Crippen LogP contribution in [0, 0.1) is 0 Å². The molecule has 2 N–H and O–H groups in total. The number of aliphatic imine (C=N–C) groups is 1. The molecule has 0 amide bonds. The highest BCUT2D eigenvalue weighted by molar-refractivity contribution is 7.85. The molecule has 5 nitrogen and oxygen atoms in total. The number of nitrogens with one attached hydrogen (secondary N) is 2. The van der Waals surface area contributed by atoms with Crippen LogP contribution < -0.4 is 15.5 Å². The van der Waals surface area contributed by atoms with Crippen LogP contribution in [0.3, 0.4) is 0 Å². The van der Waals surface area contributed by atoms with Gasteiger partial charge in [0.2, 0.25) is 0 Å². The summed E-state index contributed by atoms with van der Waals surface area (Å²) in [5.74, 6) is 1.68. The Hall–Kier alpha value is -1.56. The van der Waals surface area contributed by atoms with E-state index in [0.29, 0.717) is 11.3 Å². The van der Waals surface area contributed by atoms with Gasteiger partial charge < -0.3 is 15.5 Å². The summed E-state index contributed by atoms with van der Waals surface area (Å²) in [6, 6.07) is 10.9. The van der Waals surface area contributed by atoms with Crippen molar-refractivity contribution in [1.29, 1.82) is 0 Å². The second kappa shape index (κ2) is 12.8. The first kappa shape index (κ1) is 22.7. The lowest BCUT2D eigenvalue weighted by Gasteiger charge is -2.30. The molecular weight excluding hydrogens is 368 g/mol. The molecule has 3 unspecified atom stereocenters. The van der Waals surface area contributed by atoms with Gasteiger partial charge in [0, 0.05) is 60.2 Å². The Labute approximate surface area is 173 Å². The third-order valence-electron chi connectivity index (χ3n) is 5.34. The van der Waals surface area contributed by atoms with Gasteiger partial charge in [0.15, 0.2) is 5.96 Å². The molecule has 0 aliphatic heterocycles. The summed E-state index contributed by atoms with van der Waals surface area (Å²) >= 11 is 0. The van der Waals surface area contributed by atoms with Crippen LogP contribution in [0.4, 0.5) is 5.69 Å². The molecule has 0 saturated heterocycles. The summed E-state index contributed by atoms with van der Waals surface area (Å²) in [5.41, 5.74) is 1.26. The summed E-state index contributed by atoms with van der Waals surface area (Å²) < 4.78 is 12.2. The molecule has 0 spiro atoms. The number of anilines is 1. The van der Waals surface area contributed by atoms with E-state index < -0.39 is 10.8 Å². The van der Waals surface area contributed by atoms with E-state index in [1.165, 1.54) is 5.69 Å². The van der Waals surface area contributed by atoms with Gasteiger partial charge in [-0.1, -0.05) is 31.5 Å². The molecular formula is C22H38N4OS. The molecule has 1 aliphatic rings. The van der Waals surface area contributed by atoms with Crippen LogP contribution in [0.5, 0.6) is 0 Å². The van der Waals surface area contributed by atoms with Crippen molar-refractivity contribution < 1.29 is 4.21 Å². The predicted molar refractivity (Wildman–Crippen MR) is 123 cm³/mol. The molecule has 0 radical (unpaired) electrons. The van der Waals surface area contributed by atoms with Gasteiger partial charge in [0.1, 0.15) is 0 Å². The monoisotopic (exact) mass is 406 g/mol. The molecule has 0 bridgehead atoms. The zero-order chi connectivity index (χ0) is 20.2. The lowest BCUT2D eigenvalue weighted by Crippen LogP contribution is -2.46. The molecule has 158 valence electrons. The Bertz CT molecular complexity index is 608. The highest BCUT2D eigenvalue weighted by Gasteiger charge is 2.25. The topological polar surface area (TPSA) is 56.7 Å². The smallest absolute Gasteiger partial charge is 0.191 e. The fourth-order valence-electron chi connectivity index (χ4n) is 3.73. The highest BCUT2D eigenvalue weighted by atomic mass is 32.2. The van der Waals surface area contributed by atoms with Crippen LogP contribution in [0.15, 0.2) is 35.3 Å². The van der Waals surface area contributed by atoms with Crippen LogP contribution in [0.1, 0.15) is 52.4 Å².